The Kier molecular flexibility index (Phi) is 4.82. The van der Waals surface area contributed by atoms with E-state index in [9.17, 15) is 34.8 Å². The summed E-state index contributed by atoms with van der Waals surface area (Å²) in [4.78, 5) is 44.4. The first-order valence-corrected chi connectivity index (χ1v) is 10.9. The lowest BCUT2D eigenvalue weighted by Gasteiger charge is -2.45. The van der Waals surface area contributed by atoms with Crippen LogP contribution in [-0.4, -0.2) is 62.6 Å². The molecule has 0 aliphatic heterocycles. The lowest BCUT2D eigenvalue weighted by Crippen LogP contribution is -2.57. The van der Waals surface area contributed by atoms with Crippen LogP contribution in [0.1, 0.15) is 28.8 Å². The Morgan fingerprint density at radius 3 is 2.54 bits per heavy atom. The number of hydrogen-bond acceptors (Lipinski definition) is 10. The van der Waals surface area contributed by atoms with E-state index in [1.807, 2.05) is 0 Å². The quantitative estimate of drug-likeness (QED) is 0.400. The third kappa shape index (κ3) is 2.94. The number of aliphatic hydroxyl groups excluding tert-OH is 2. The molecule has 0 saturated heterocycles. The summed E-state index contributed by atoms with van der Waals surface area (Å²) in [6, 6.07) is 1.65. The molecule has 1 aromatic heterocycles. The normalized spacial score (nSPS) is 25.8. The first-order chi connectivity index (χ1) is 16.5. The van der Waals surface area contributed by atoms with Crippen molar-refractivity contribution in [1.29, 1.82) is 0 Å². The van der Waals surface area contributed by atoms with Crippen molar-refractivity contribution in [3.8, 4) is 17.2 Å². The van der Waals surface area contributed by atoms with Crippen LogP contribution in [-0.2, 0) is 16.0 Å². The molecule has 0 unspecified atom stereocenters. The highest BCUT2D eigenvalue weighted by molar-refractivity contribution is 6.24. The van der Waals surface area contributed by atoms with Crippen LogP contribution in [0.25, 0.3) is 11.5 Å². The minimum absolute atomic E-state index is 0.0675. The molecule has 3 aliphatic carbocycles. The summed E-state index contributed by atoms with van der Waals surface area (Å²) in [5, 5.41) is 43.8. The van der Waals surface area contributed by atoms with Crippen molar-refractivity contribution in [2.45, 2.75) is 24.9 Å². The van der Waals surface area contributed by atoms with Gasteiger partial charge in [-0.25, -0.2) is 4.98 Å². The number of nitrogens with zero attached hydrogens (tertiary/aromatic N) is 2. The predicted octanol–water partition coefficient (Wildman–Crippen LogP) is 1.30. The van der Waals surface area contributed by atoms with Gasteiger partial charge >= 0.3 is 0 Å². The van der Waals surface area contributed by atoms with Gasteiger partial charge in [0, 0.05) is 37.7 Å². The molecule has 6 N–H and O–H groups in total. The Hall–Kier alpha value is -4.12. The standard InChI is InChI=1S/C24H23N3O8/c1-27(2)13-8-12(23-26-3-4-35-23)18(29)16-11(13)6-9-5-10-7-14(28)17(22(25)33)21(32)24(10,34)20(31)15(9)19(16)30/h3-4,8-10,28-29,31,34H,5-7H2,1-2H3,(H2,25,33)/t9-,10+,24+/m1/s1. The summed E-state index contributed by atoms with van der Waals surface area (Å²) >= 11 is 0. The second kappa shape index (κ2) is 7.44. The SMILES string of the molecule is CN(C)c1cc(-c2ncco2)c(O)c2c1C[C@H]1C[C@H]3CC(O)=C(C(N)=O)C(=O)[C@@]3(O)C(O)=C1C2=O. The van der Waals surface area contributed by atoms with Gasteiger partial charge in [0.05, 0.1) is 17.3 Å². The molecule has 2 aromatic rings. The Morgan fingerprint density at radius 1 is 1.23 bits per heavy atom. The molecule has 3 aliphatic rings. The fraction of sp³-hybridized carbons (Fsp3) is 0.333. The molecule has 0 radical (unpaired) electrons. The Morgan fingerprint density at radius 2 is 1.94 bits per heavy atom. The largest absolute Gasteiger partial charge is 0.511 e. The first kappa shape index (κ1) is 22.7. The third-order valence-electron chi connectivity index (χ3n) is 7.18. The van der Waals surface area contributed by atoms with E-state index >= 15 is 0 Å². The zero-order chi connectivity index (χ0) is 25.4. The number of aromatic hydroxyl groups is 1. The third-order valence-corrected chi connectivity index (χ3v) is 7.18. The van der Waals surface area contributed by atoms with Gasteiger partial charge < -0.3 is 35.5 Å². The van der Waals surface area contributed by atoms with Crippen LogP contribution >= 0.6 is 0 Å². The molecule has 11 nitrogen and oxygen atoms in total. The van der Waals surface area contributed by atoms with Crippen molar-refractivity contribution in [3.05, 3.63) is 52.3 Å². The van der Waals surface area contributed by atoms with Crippen molar-refractivity contribution in [3.63, 3.8) is 0 Å². The van der Waals surface area contributed by atoms with E-state index in [0.717, 1.165) is 0 Å². The van der Waals surface area contributed by atoms with Gasteiger partial charge in [-0.15, -0.1) is 0 Å². The molecule has 0 bridgehead atoms. The summed E-state index contributed by atoms with van der Waals surface area (Å²) in [6.07, 6.45) is 2.71. The molecule has 1 aromatic carbocycles. The molecule has 0 spiro atoms. The number of amides is 1. The minimum Gasteiger partial charge on any atom is -0.511 e. The number of phenols is 1. The number of aromatic nitrogens is 1. The van der Waals surface area contributed by atoms with Crippen LogP contribution in [0.15, 0.2) is 45.6 Å². The van der Waals surface area contributed by atoms with Crippen LogP contribution in [0.5, 0.6) is 5.75 Å². The second-order valence-electron chi connectivity index (χ2n) is 9.29. The fourth-order valence-corrected chi connectivity index (χ4v) is 5.59. The number of aliphatic hydroxyl groups is 3. The molecule has 35 heavy (non-hydrogen) atoms. The van der Waals surface area contributed by atoms with Crippen molar-refractivity contribution in [2.24, 2.45) is 17.6 Å². The smallest absolute Gasteiger partial charge is 0.255 e. The number of phenolic OH excluding ortho intramolecular Hbond substituents is 1. The van der Waals surface area contributed by atoms with Crippen molar-refractivity contribution >= 4 is 23.2 Å². The monoisotopic (exact) mass is 481 g/mol. The summed E-state index contributed by atoms with van der Waals surface area (Å²) in [7, 11) is 3.54. The molecule has 5 rings (SSSR count). The van der Waals surface area contributed by atoms with Gasteiger partial charge in [-0.2, -0.15) is 0 Å². The lowest BCUT2D eigenvalue weighted by molar-refractivity contribution is -0.144. The summed E-state index contributed by atoms with van der Waals surface area (Å²) in [5.74, 6) is -6.63. The summed E-state index contributed by atoms with van der Waals surface area (Å²) < 4.78 is 5.31. The van der Waals surface area contributed by atoms with Crippen LogP contribution in [0.4, 0.5) is 5.69 Å². The molecule has 3 atom stereocenters. The van der Waals surface area contributed by atoms with Crippen LogP contribution in [0, 0.1) is 11.8 Å². The van der Waals surface area contributed by atoms with Gasteiger partial charge in [0.25, 0.3) is 5.91 Å². The maximum Gasteiger partial charge on any atom is 0.255 e. The summed E-state index contributed by atoms with van der Waals surface area (Å²) in [5.41, 5.74) is 2.81. The molecule has 0 saturated carbocycles. The highest BCUT2D eigenvalue weighted by atomic mass is 16.4. The van der Waals surface area contributed by atoms with Crippen LogP contribution in [0.3, 0.4) is 0 Å². The average Bonchev–Trinajstić information content (AvgIpc) is 3.30. The maximum absolute atomic E-state index is 13.8. The number of nitrogens with two attached hydrogens (primary N) is 1. The van der Waals surface area contributed by atoms with Gasteiger partial charge in [0.15, 0.2) is 11.4 Å². The molecular weight excluding hydrogens is 458 g/mol. The number of allylic oxidation sites excluding steroid dienone is 2. The number of fused-ring (bicyclic) bond motifs is 3. The van der Waals surface area contributed by atoms with Crippen LogP contribution in [0.2, 0.25) is 0 Å². The van der Waals surface area contributed by atoms with E-state index in [1.165, 1.54) is 12.5 Å². The van der Waals surface area contributed by atoms with E-state index in [2.05, 4.69) is 4.98 Å². The number of benzene rings is 1. The maximum atomic E-state index is 13.8. The molecule has 182 valence electrons. The number of carbonyl (C=O) groups is 3. The fourth-order valence-electron chi connectivity index (χ4n) is 5.59. The van der Waals surface area contributed by atoms with Crippen molar-refractivity contribution in [1.82, 2.24) is 4.98 Å². The molecule has 11 heteroatoms. The number of primary amides is 1. The molecule has 0 fully saturated rings. The number of ketones is 2. The van der Waals surface area contributed by atoms with E-state index in [0.29, 0.717) is 11.3 Å². The van der Waals surface area contributed by atoms with Gasteiger partial charge in [-0.1, -0.05) is 0 Å². The Balaban J connectivity index is 1.73. The molecular formula is C24H23N3O8. The number of anilines is 1. The van der Waals surface area contributed by atoms with Gasteiger partial charge in [-0.05, 0) is 30.4 Å². The van der Waals surface area contributed by atoms with E-state index in [-0.39, 0.29) is 41.9 Å². The topological polar surface area (TPSA) is 187 Å². The van der Waals surface area contributed by atoms with E-state index < -0.39 is 57.8 Å². The number of carbonyl (C=O) groups excluding carboxylic acids is 3. The van der Waals surface area contributed by atoms with Crippen molar-refractivity contribution < 1.29 is 39.2 Å². The molecule has 1 heterocycles. The van der Waals surface area contributed by atoms with E-state index in [1.54, 1.807) is 25.1 Å². The highest BCUT2D eigenvalue weighted by Gasteiger charge is 2.59. The lowest BCUT2D eigenvalue weighted by atomic mass is 9.60. The average molecular weight is 481 g/mol. The number of Topliss-reactive ketones (excluding diaryl/α,β-unsaturated/α-hetero) is 2. The van der Waals surface area contributed by atoms with Gasteiger partial charge in [0.2, 0.25) is 11.7 Å². The Labute approximate surface area is 198 Å². The van der Waals surface area contributed by atoms with Gasteiger partial charge in [0.1, 0.15) is 29.1 Å². The zero-order valence-corrected chi connectivity index (χ0v) is 18.9. The van der Waals surface area contributed by atoms with Crippen LogP contribution < -0.4 is 10.6 Å². The number of oxazole rings is 1. The second-order valence-corrected chi connectivity index (χ2v) is 9.29. The summed E-state index contributed by atoms with van der Waals surface area (Å²) in [6.45, 7) is 0. The number of rotatable bonds is 3. The predicted molar refractivity (Wildman–Crippen MR) is 121 cm³/mol. The minimum atomic E-state index is -2.60. The van der Waals surface area contributed by atoms with E-state index in [4.69, 9.17) is 10.2 Å². The zero-order valence-electron chi connectivity index (χ0n) is 18.9. The Bertz CT molecular complexity index is 1370. The first-order valence-electron chi connectivity index (χ1n) is 10.9. The highest BCUT2D eigenvalue weighted by Crippen LogP contribution is 2.53. The molecule has 1 amide bonds. The van der Waals surface area contributed by atoms with Crippen molar-refractivity contribution in [2.75, 3.05) is 19.0 Å². The number of hydrogen-bond donors (Lipinski definition) is 5. The van der Waals surface area contributed by atoms with Gasteiger partial charge in [-0.3, -0.25) is 14.4 Å².